The number of nitrogens with one attached hydrogen (secondary N) is 1. The minimum absolute atomic E-state index is 0.765. The maximum Gasteiger partial charge on any atom is 0.122 e. The molecule has 0 aliphatic heterocycles. The molecule has 0 unspecified atom stereocenters. The second-order valence-electron chi connectivity index (χ2n) is 3.82. The van der Waals surface area contributed by atoms with Crippen molar-refractivity contribution in [3.8, 4) is 5.75 Å². The second kappa shape index (κ2) is 6.25. The zero-order chi connectivity index (χ0) is 13.0. The number of anilines is 1. The van der Waals surface area contributed by atoms with E-state index in [2.05, 4.69) is 43.2 Å². The predicted octanol–water partition coefficient (Wildman–Crippen LogP) is 4.83. The monoisotopic (exact) mass is 369 g/mol. The van der Waals surface area contributed by atoms with Gasteiger partial charge >= 0.3 is 0 Å². The van der Waals surface area contributed by atoms with E-state index in [-0.39, 0.29) is 0 Å². The number of benzene rings is 2. The maximum atomic E-state index is 5.23. The molecular weight excluding hydrogens is 358 g/mol. The van der Waals surface area contributed by atoms with Crippen LogP contribution in [0, 0.1) is 0 Å². The smallest absolute Gasteiger partial charge is 0.122 e. The van der Waals surface area contributed by atoms with Gasteiger partial charge in [-0.1, -0.05) is 50.1 Å². The molecule has 0 aliphatic carbocycles. The van der Waals surface area contributed by atoms with Crippen molar-refractivity contribution in [3.63, 3.8) is 0 Å². The average Bonchev–Trinajstić information content (AvgIpc) is 2.37. The SMILES string of the molecule is COc1cc(Br)cc(NCc2ccccc2Br)c1. The zero-order valence-corrected chi connectivity index (χ0v) is 13.1. The summed E-state index contributed by atoms with van der Waals surface area (Å²) in [6.45, 7) is 0.765. The Labute approximate surface area is 124 Å². The summed E-state index contributed by atoms with van der Waals surface area (Å²) in [7, 11) is 1.67. The quantitative estimate of drug-likeness (QED) is 0.831. The van der Waals surface area contributed by atoms with Crippen molar-refractivity contribution < 1.29 is 4.74 Å². The number of halogens is 2. The van der Waals surface area contributed by atoms with Gasteiger partial charge in [-0.2, -0.15) is 0 Å². The molecule has 0 heterocycles. The van der Waals surface area contributed by atoms with E-state index in [0.29, 0.717) is 0 Å². The van der Waals surface area contributed by atoms with Crippen LogP contribution in [0.2, 0.25) is 0 Å². The summed E-state index contributed by atoms with van der Waals surface area (Å²) in [5.74, 6) is 0.832. The van der Waals surface area contributed by atoms with E-state index in [4.69, 9.17) is 4.74 Å². The first kappa shape index (κ1) is 13.4. The van der Waals surface area contributed by atoms with Gasteiger partial charge in [0.25, 0.3) is 0 Å². The van der Waals surface area contributed by atoms with Crippen molar-refractivity contribution in [2.24, 2.45) is 0 Å². The molecule has 0 spiro atoms. The van der Waals surface area contributed by atoms with Gasteiger partial charge in [0, 0.05) is 27.2 Å². The van der Waals surface area contributed by atoms with E-state index >= 15 is 0 Å². The van der Waals surface area contributed by atoms with Crippen LogP contribution in [0.25, 0.3) is 0 Å². The van der Waals surface area contributed by atoms with E-state index < -0.39 is 0 Å². The molecule has 4 heteroatoms. The highest BCUT2D eigenvalue weighted by Crippen LogP contribution is 2.25. The Hall–Kier alpha value is -1.00. The lowest BCUT2D eigenvalue weighted by Crippen LogP contribution is -2.00. The second-order valence-corrected chi connectivity index (χ2v) is 5.59. The lowest BCUT2D eigenvalue weighted by atomic mass is 10.2. The van der Waals surface area contributed by atoms with E-state index in [1.54, 1.807) is 7.11 Å². The molecule has 2 rings (SSSR count). The Bertz CT molecular complexity index is 543. The van der Waals surface area contributed by atoms with Crippen molar-refractivity contribution >= 4 is 37.5 Å². The minimum Gasteiger partial charge on any atom is -0.497 e. The molecule has 0 radical (unpaired) electrons. The molecule has 18 heavy (non-hydrogen) atoms. The first-order valence-corrected chi connectivity index (χ1v) is 7.09. The van der Waals surface area contributed by atoms with Crippen LogP contribution in [-0.4, -0.2) is 7.11 Å². The lowest BCUT2D eigenvalue weighted by Gasteiger charge is -2.10. The Kier molecular flexibility index (Phi) is 4.66. The van der Waals surface area contributed by atoms with Crippen LogP contribution in [0.3, 0.4) is 0 Å². The fourth-order valence-corrected chi connectivity index (χ4v) is 2.52. The average molecular weight is 371 g/mol. The summed E-state index contributed by atoms with van der Waals surface area (Å²) in [4.78, 5) is 0. The third-order valence-electron chi connectivity index (χ3n) is 2.55. The molecule has 94 valence electrons. The topological polar surface area (TPSA) is 21.3 Å². The predicted molar refractivity (Wildman–Crippen MR) is 82.2 cm³/mol. The molecule has 0 atom stereocenters. The van der Waals surface area contributed by atoms with Crippen LogP contribution < -0.4 is 10.1 Å². The molecule has 0 bridgehead atoms. The summed E-state index contributed by atoms with van der Waals surface area (Å²) in [6.07, 6.45) is 0. The van der Waals surface area contributed by atoms with Crippen molar-refractivity contribution in [2.45, 2.75) is 6.54 Å². The van der Waals surface area contributed by atoms with Crippen LogP contribution in [0.15, 0.2) is 51.4 Å². The fourth-order valence-electron chi connectivity index (χ4n) is 1.62. The third-order valence-corrected chi connectivity index (χ3v) is 3.78. The van der Waals surface area contributed by atoms with Crippen molar-refractivity contribution in [2.75, 3.05) is 12.4 Å². The van der Waals surface area contributed by atoms with E-state index in [9.17, 15) is 0 Å². The molecule has 0 aromatic heterocycles. The molecule has 2 nitrogen and oxygen atoms in total. The first-order valence-electron chi connectivity index (χ1n) is 5.51. The van der Waals surface area contributed by atoms with Crippen molar-refractivity contribution in [3.05, 3.63) is 57.0 Å². The van der Waals surface area contributed by atoms with Gasteiger partial charge in [0.05, 0.1) is 7.11 Å². The van der Waals surface area contributed by atoms with Crippen LogP contribution in [-0.2, 0) is 6.54 Å². The Balaban J connectivity index is 2.11. The van der Waals surface area contributed by atoms with Crippen LogP contribution in [0.5, 0.6) is 5.75 Å². The van der Waals surface area contributed by atoms with Crippen molar-refractivity contribution in [1.82, 2.24) is 0 Å². The zero-order valence-electron chi connectivity index (χ0n) is 9.91. The number of rotatable bonds is 4. The molecule has 0 aliphatic rings. The van der Waals surface area contributed by atoms with Gasteiger partial charge in [-0.3, -0.25) is 0 Å². The Morgan fingerprint density at radius 1 is 1.11 bits per heavy atom. The highest BCUT2D eigenvalue weighted by Gasteiger charge is 2.01. The maximum absolute atomic E-state index is 5.23. The number of hydrogen-bond donors (Lipinski definition) is 1. The van der Waals surface area contributed by atoms with Gasteiger partial charge in [0.2, 0.25) is 0 Å². The third kappa shape index (κ3) is 3.50. The molecule has 2 aromatic carbocycles. The van der Waals surface area contributed by atoms with Gasteiger partial charge in [-0.15, -0.1) is 0 Å². The molecule has 0 fully saturated rings. The first-order chi connectivity index (χ1) is 8.69. The summed E-state index contributed by atoms with van der Waals surface area (Å²) >= 11 is 7.00. The number of hydrogen-bond acceptors (Lipinski definition) is 2. The molecule has 1 N–H and O–H groups in total. The minimum atomic E-state index is 0.765. The molecule has 2 aromatic rings. The summed E-state index contributed by atoms with van der Waals surface area (Å²) in [5, 5.41) is 3.38. The van der Waals surface area contributed by atoms with Gasteiger partial charge in [-0.25, -0.2) is 0 Å². The van der Waals surface area contributed by atoms with E-state index in [1.165, 1.54) is 5.56 Å². The molecule has 0 amide bonds. The Morgan fingerprint density at radius 2 is 1.89 bits per heavy atom. The molecule has 0 saturated heterocycles. The van der Waals surface area contributed by atoms with Gasteiger partial charge in [0.15, 0.2) is 0 Å². The van der Waals surface area contributed by atoms with E-state index in [1.807, 2.05) is 36.4 Å². The number of methoxy groups -OCH3 is 1. The molecular formula is C14H13Br2NO. The van der Waals surface area contributed by atoms with Crippen LogP contribution in [0.4, 0.5) is 5.69 Å². The fraction of sp³-hybridized carbons (Fsp3) is 0.143. The van der Waals surface area contributed by atoms with Crippen molar-refractivity contribution in [1.29, 1.82) is 0 Å². The summed E-state index contributed by atoms with van der Waals surface area (Å²) in [6, 6.07) is 14.1. The van der Waals surface area contributed by atoms with Gasteiger partial charge < -0.3 is 10.1 Å². The largest absolute Gasteiger partial charge is 0.497 e. The summed E-state index contributed by atoms with van der Waals surface area (Å²) < 4.78 is 7.34. The standard InChI is InChI=1S/C14H13Br2NO/c1-18-13-7-11(15)6-12(8-13)17-9-10-4-2-3-5-14(10)16/h2-8,17H,9H2,1H3. The highest BCUT2D eigenvalue weighted by atomic mass is 79.9. The van der Waals surface area contributed by atoms with Gasteiger partial charge in [0.1, 0.15) is 5.75 Å². The molecule has 0 saturated carbocycles. The van der Waals surface area contributed by atoms with Gasteiger partial charge in [-0.05, 0) is 23.8 Å². The lowest BCUT2D eigenvalue weighted by molar-refractivity contribution is 0.414. The van der Waals surface area contributed by atoms with Crippen LogP contribution >= 0.6 is 31.9 Å². The van der Waals surface area contributed by atoms with Crippen LogP contribution in [0.1, 0.15) is 5.56 Å². The number of ether oxygens (including phenoxy) is 1. The normalized spacial score (nSPS) is 10.2. The Morgan fingerprint density at radius 3 is 2.61 bits per heavy atom. The van der Waals surface area contributed by atoms with E-state index in [0.717, 1.165) is 26.9 Å². The highest BCUT2D eigenvalue weighted by molar-refractivity contribution is 9.10. The summed E-state index contributed by atoms with van der Waals surface area (Å²) in [5.41, 5.74) is 2.24.